The van der Waals surface area contributed by atoms with Crippen molar-refractivity contribution in [2.24, 2.45) is 0 Å². The number of benzene rings is 2. The Balaban J connectivity index is 1.65. The van der Waals surface area contributed by atoms with Crippen molar-refractivity contribution in [2.75, 3.05) is 27.7 Å². The second-order valence-corrected chi connectivity index (χ2v) is 10.1. The van der Waals surface area contributed by atoms with E-state index in [2.05, 4.69) is 26.2 Å². The highest BCUT2D eigenvalue weighted by Gasteiger charge is 2.24. The van der Waals surface area contributed by atoms with Crippen molar-refractivity contribution >= 4 is 10.8 Å². The predicted octanol–water partition coefficient (Wildman–Crippen LogP) is 2.99. The lowest BCUT2D eigenvalue weighted by Crippen LogP contribution is -2.42. The lowest BCUT2D eigenvalue weighted by atomic mass is 10.1. The number of hydrogen-bond acceptors (Lipinski definition) is 4. The van der Waals surface area contributed by atoms with Crippen LogP contribution < -0.4 is 10.3 Å². The molecule has 2 aromatic carbocycles. The Morgan fingerprint density at radius 1 is 1.13 bits per heavy atom. The van der Waals surface area contributed by atoms with E-state index in [0.717, 1.165) is 32.8 Å². The molecule has 6 nitrogen and oxygen atoms in total. The number of nitrogens with zero attached hydrogens (tertiary/aromatic N) is 3. The minimum Gasteiger partial charge on any atom is -0.485 e. The molecule has 1 aromatic heterocycles. The lowest BCUT2D eigenvalue weighted by Gasteiger charge is -2.27. The SMILES string of the molecule is CC(C[N+](C)(C)C)Oc1ccc(-n2nc3c(cc2=O)CS(=O)c2ccccc2-3)cc1. The Hall–Kier alpha value is -2.77. The first-order valence-electron chi connectivity index (χ1n) is 9.90. The molecule has 4 rings (SSSR count). The Kier molecular flexibility index (Phi) is 5.34. The van der Waals surface area contributed by atoms with Crippen molar-refractivity contribution in [3.05, 3.63) is 70.5 Å². The molecule has 3 aromatic rings. The molecule has 7 heteroatoms. The molecule has 2 heterocycles. The van der Waals surface area contributed by atoms with Crippen molar-refractivity contribution in [1.82, 2.24) is 9.78 Å². The van der Waals surface area contributed by atoms with Crippen molar-refractivity contribution < 1.29 is 13.4 Å². The highest BCUT2D eigenvalue weighted by molar-refractivity contribution is 7.84. The summed E-state index contributed by atoms with van der Waals surface area (Å²) in [6, 6.07) is 16.5. The summed E-state index contributed by atoms with van der Waals surface area (Å²) < 4.78 is 20.7. The monoisotopic (exact) mass is 424 g/mol. The smallest absolute Gasteiger partial charge is 0.271 e. The van der Waals surface area contributed by atoms with E-state index in [1.165, 1.54) is 4.68 Å². The second kappa shape index (κ2) is 7.81. The Bertz CT molecular complexity index is 1160. The van der Waals surface area contributed by atoms with Gasteiger partial charge in [-0.25, -0.2) is 0 Å². The maximum Gasteiger partial charge on any atom is 0.271 e. The van der Waals surface area contributed by atoms with Crippen LogP contribution in [0.25, 0.3) is 16.9 Å². The summed E-state index contributed by atoms with van der Waals surface area (Å²) in [5.41, 5.74) is 2.68. The molecule has 1 aliphatic rings. The number of rotatable bonds is 5. The molecule has 0 fully saturated rings. The molecule has 2 atom stereocenters. The predicted molar refractivity (Wildman–Crippen MR) is 118 cm³/mol. The quantitative estimate of drug-likeness (QED) is 0.591. The average molecular weight is 425 g/mol. The molecule has 0 bridgehead atoms. The van der Waals surface area contributed by atoms with Crippen LogP contribution in [0.3, 0.4) is 0 Å². The third-order valence-electron chi connectivity index (χ3n) is 4.91. The van der Waals surface area contributed by atoms with Crippen LogP contribution in [-0.2, 0) is 16.6 Å². The number of fused-ring (bicyclic) bond motifs is 3. The van der Waals surface area contributed by atoms with Crippen molar-refractivity contribution in [1.29, 1.82) is 0 Å². The van der Waals surface area contributed by atoms with Gasteiger partial charge in [0.15, 0.2) is 0 Å². The van der Waals surface area contributed by atoms with Crippen LogP contribution in [0.15, 0.2) is 64.3 Å². The molecule has 0 radical (unpaired) electrons. The van der Waals surface area contributed by atoms with Crippen LogP contribution in [0, 0.1) is 0 Å². The molecular weight excluding hydrogens is 398 g/mol. The van der Waals surface area contributed by atoms with Gasteiger partial charge in [0.2, 0.25) is 0 Å². The third kappa shape index (κ3) is 4.22. The minimum absolute atomic E-state index is 0.0674. The van der Waals surface area contributed by atoms with E-state index in [1.54, 1.807) is 6.07 Å². The van der Waals surface area contributed by atoms with Crippen molar-refractivity contribution in [3.8, 4) is 22.7 Å². The van der Waals surface area contributed by atoms with Crippen LogP contribution in [0.5, 0.6) is 5.75 Å². The second-order valence-electron chi connectivity index (χ2n) is 8.65. The van der Waals surface area contributed by atoms with Gasteiger partial charge < -0.3 is 9.22 Å². The van der Waals surface area contributed by atoms with E-state index in [0.29, 0.717) is 17.1 Å². The highest BCUT2D eigenvalue weighted by Crippen LogP contribution is 2.33. The van der Waals surface area contributed by atoms with Gasteiger partial charge in [0.05, 0.1) is 49.1 Å². The number of hydrogen-bond donors (Lipinski definition) is 0. The van der Waals surface area contributed by atoms with Crippen LogP contribution in [-0.4, -0.2) is 52.3 Å². The number of aromatic nitrogens is 2. The number of likely N-dealkylation sites (N-methyl/N-ethyl adjacent to an activating group) is 1. The van der Waals surface area contributed by atoms with Crippen molar-refractivity contribution in [2.45, 2.75) is 23.7 Å². The summed E-state index contributed by atoms with van der Waals surface area (Å²) in [5.74, 6) is 1.07. The van der Waals surface area contributed by atoms with Gasteiger partial charge in [0, 0.05) is 16.5 Å². The van der Waals surface area contributed by atoms with E-state index in [-0.39, 0.29) is 11.7 Å². The fraction of sp³-hybridized carbons (Fsp3) is 0.304. The molecule has 0 aliphatic carbocycles. The molecule has 2 unspecified atom stereocenters. The van der Waals surface area contributed by atoms with Gasteiger partial charge in [-0.05, 0) is 42.8 Å². The molecule has 0 spiro atoms. The molecule has 0 saturated carbocycles. The topological polar surface area (TPSA) is 61.2 Å². The standard InChI is InChI=1S/C23H26N3O3S/c1-16(14-26(2,3)4)29-19-11-9-18(10-12-19)25-22(27)13-17-15-30(28)21-8-6-5-7-20(21)23(17)24-25/h5-13,16H,14-15H2,1-4H3/q+1. The fourth-order valence-electron chi connectivity index (χ4n) is 3.80. The van der Waals surface area contributed by atoms with Gasteiger partial charge in [0.1, 0.15) is 18.4 Å². The van der Waals surface area contributed by atoms with Crippen LogP contribution in [0.1, 0.15) is 12.5 Å². The van der Waals surface area contributed by atoms with Crippen LogP contribution in [0.4, 0.5) is 0 Å². The van der Waals surface area contributed by atoms with Crippen LogP contribution >= 0.6 is 0 Å². The van der Waals surface area contributed by atoms with E-state index in [4.69, 9.17) is 4.74 Å². The molecule has 0 N–H and O–H groups in total. The molecule has 0 saturated heterocycles. The summed E-state index contributed by atoms with van der Waals surface area (Å²) in [4.78, 5) is 13.5. The van der Waals surface area contributed by atoms with E-state index < -0.39 is 10.8 Å². The van der Waals surface area contributed by atoms with E-state index in [1.807, 2.05) is 55.5 Å². The summed E-state index contributed by atoms with van der Waals surface area (Å²) in [6.45, 7) is 2.93. The molecule has 1 aliphatic heterocycles. The van der Waals surface area contributed by atoms with Gasteiger partial charge in [-0.1, -0.05) is 18.2 Å². The summed E-state index contributed by atoms with van der Waals surface area (Å²) >= 11 is 0. The lowest BCUT2D eigenvalue weighted by molar-refractivity contribution is -0.872. The number of ether oxygens (including phenoxy) is 1. The van der Waals surface area contributed by atoms with Gasteiger partial charge in [-0.3, -0.25) is 9.00 Å². The molecule has 0 amide bonds. The summed E-state index contributed by atoms with van der Waals surface area (Å²) in [5, 5.41) is 4.62. The number of quaternary nitrogens is 1. The summed E-state index contributed by atoms with van der Waals surface area (Å²) in [7, 11) is 5.23. The van der Waals surface area contributed by atoms with Crippen molar-refractivity contribution in [3.63, 3.8) is 0 Å². The molecule has 30 heavy (non-hydrogen) atoms. The summed E-state index contributed by atoms with van der Waals surface area (Å²) in [6.07, 6.45) is 0.0674. The zero-order valence-corrected chi connectivity index (χ0v) is 18.5. The Labute approximate surface area is 178 Å². The van der Waals surface area contributed by atoms with Gasteiger partial charge in [-0.15, -0.1) is 0 Å². The first-order valence-corrected chi connectivity index (χ1v) is 11.2. The first-order chi connectivity index (χ1) is 14.2. The largest absolute Gasteiger partial charge is 0.485 e. The Morgan fingerprint density at radius 3 is 2.53 bits per heavy atom. The zero-order chi connectivity index (χ0) is 21.5. The first kappa shape index (κ1) is 20.5. The normalized spacial score (nSPS) is 16.5. The van der Waals surface area contributed by atoms with E-state index >= 15 is 0 Å². The van der Waals surface area contributed by atoms with Gasteiger partial charge in [0.25, 0.3) is 5.56 Å². The third-order valence-corrected chi connectivity index (χ3v) is 6.33. The van der Waals surface area contributed by atoms with Gasteiger partial charge >= 0.3 is 0 Å². The highest BCUT2D eigenvalue weighted by atomic mass is 32.2. The molecular formula is C23H26N3O3S+. The molecule has 156 valence electrons. The van der Waals surface area contributed by atoms with Crippen LogP contribution in [0.2, 0.25) is 0 Å². The fourth-order valence-corrected chi connectivity index (χ4v) is 5.10. The maximum absolute atomic E-state index is 12.7. The maximum atomic E-state index is 12.7. The zero-order valence-electron chi connectivity index (χ0n) is 17.7. The van der Waals surface area contributed by atoms with E-state index in [9.17, 15) is 9.00 Å². The Morgan fingerprint density at radius 2 is 1.83 bits per heavy atom. The average Bonchev–Trinajstić information content (AvgIpc) is 2.67. The van der Waals surface area contributed by atoms with Gasteiger partial charge in [-0.2, -0.15) is 9.78 Å². The minimum atomic E-state index is -1.16.